The number of methoxy groups -OCH3 is 2. The first kappa shape index (κ1) is 25.6. The van der Waals surface area contributed by atoms with E-state index in [1.165, 1.54) is 14.2 Å². The lowest BCUT2D eigenvalue weighted by Crippen LogP contribution is -2.32. The third-order valence-electron chi connectivity index (χ3n) is 5.15. The van der Waals surface area contributed by atoms with Gasteiger partial charge in [0.1, 0.15) is 18.0 Å². The van der Waals surface area contributed by atoms with Crippen LogP contribution in [0.2, 0.25) is 5.02 Å². The Kier molecular flexibility index (Phi) is 8.98. The van der Waals surface area contributed by atoms with Crippen molar-refractivity contribution in [2.75, 3.05) is 39.4 Å². The standard InChI is InChI=1S/C24H28ClNO8/c1-4-32-20(28)13-19-24(29)26-21-16(11-14(25)12-18(21)33-10-6-9-27)22(34-19)15-7-5-8-17(30-2)23(15)31-3/h5,7-8,11-12,19,22,27H,4,6,9-10,13H2,1-3H3,(H,26,29)/t19-,22-/m1/s1. The van der Waals surface area contributed by atoms with Crippen molar-refractivity contribution in [2.24, 2.45) is 0 Å². The Morgan fingerprint density at radius 3 is 2.65 bits per heavy atom. The molecule has 0 spiro atoms. The molecule has 1 aliphatic rings. The number of aliphatic hydroxyl groups is 1. The molecular weight excluding hydrogens is 466 g/mol. The average molecular weight is 494 g/mol. The second kappa shape index (κ2) is 11.9. The van der Waals surface area contributed by atoms with E-state index in [1.807, 2.05) is 0 Å². The fraction of sp³-hybridized carbons (Fsp3) is 0.417. The van der Waals surface area contributed by atoms with Crippen LogP contribution in [0.4, 0.5) is 5.69 Å². The Morgan fingerprint density at radius 1 is 1.18 bits per heavy atom. The molecule has 0 aliphatic carbocycles. The lowest BCUT2D eigenvalue weighted by atomic mass is 9.98. The van der Waals surface area contributed by atoms with E-state index in [1.54, 1.807) is 37.3 Å². The van der Waals surface area contributed by atoms with Crippen LogP contribution in [0.3, 0.4) is 0 Å². The normalized spacial score (nSPS) is 17.3. The monoisotopic (exact) mass is 493 g/mol. The summed E-state index contributed by atoms with van der Waals surface area (Å²) in [6.07, 6.45) is -1.91. The van der Waals surface area contributed by atoms with Gasteiger partial charge < -0.3 is 34.1 Å². The van der Waals surface area contributed by atoms with Gasteiger partial charge in [-0.2, -0.15) is 0 Å². The predicted octanol–water partition coefficient (Wildman–Crippen LogP) is 3.50. The molecule has 0 saturated heterocycles. The summed E-state index contributed by atoms with van der Waals surface area (Å²) in [5.41, 5.74) is 1.43. The van der Waals surface area contributed by atoms with Gasteiger partial charge in [-0.3, -0.25) is 9.59 Å². The third kappa shape index (κ3) is 5.72. The minimum atomic E-state index is -1.16. The first-order valence-electron chi connectivity index (χ1n) is 10.8. The minimum absolute atomic E-state index is 0.0521. The molecule has 3 rings (SSSR count). The van der Waals surface area contributed by atoms with Gasteiger partial charge in [0.05, 0.1) is 39.5 Å². The molecule has 184 valence electrons. The number of hydrogen-bond donors (Lipinski definition) is 2. The van der Waals surface area contributed by atoms with E-state index >= 15 is 0 Å². The van der Waals surface area contributed by atoms with Crippen LogP contribution in [-0.4, -0.2) is 57.1 Å². The number of amides is 1. The first-order chi connectivity index (χ1) is 16.4. The summed E-state index contributed by atoms with van der Waals surface area (Å²) in [5, 5.41) is 12.3. The van der Waals surface area contributed by atoms with Crippen molar-refractivity contribution < 1.29 is 38.4 Å². The molecule has 2 N–H and O–H groups in total. The second-order valence-electron chi connectivity index (χ2n) is 7.38. The van der Waals surface area contributed by atoms with Gasteiger partial charge in [-0.15, -0.1) is 0 Å². The zero-order chi connectivity index (χ0) is 24.7. The lowest BCUT2D eigenvalue weighted by molar-refractivity contribution is -0.150. The van der Waals surface area contributed by atoms with Gasteiger partial charge in [0.25, 0.3) is 5.91 Å². The summed E-state index contributed by atoms with van der Waals surface area (Å²) in [6.45, 7) is 2.02. The average Bonchev–Trinajstić information content (AvgIpc) is 2.95. The molecule has 0 aromatic heterocycles. The largest absolute Gasteiger partial charge is 0.493 e. The molecule has 34 heavy (non-hydrogen) atoms. The van der Waals surface area contributed by atoms with Crippen molar-refractivity contribution in [1.82, 2.24) is 0 Å². The molecular formula is C24H28ClNO8. The molecule has 10 heteroatoms. The SMILES string of the molecule is CCOC(=O)C[C@H]1O[C@H](c2cccc(OC)c2OC)c2cc(Cl)cc(OCCCO)c2NC1=O. The van der Waals surface area contributed by atoms with Crippen LogP contribution in [0, 0.1) is 0 Å². The number of nitrogens with one attached hydrogen (secondary N) is 1. The van der Waals surface area contributed by atoms with Gasteiger partial charge in [-0.25, -0.2) is 0 Å². The topological polar surface area (TPSA) is 113 Å². The highest BCUT2D eigenvalue weighted by atomic mass is 35.5. The van der Waals surface area contributed by atoms with Crippen LogP contribution < -0.4 is 19.5 Å². The Labute approximate surface area is 202 Å². The number of fused-ring (bicyclic) bond motifs is 1. The Bertz CT molecular complexity index is 1030. The summed E-state index contributed by atoms with van der Waals surface area (Å²) < 4.78 is 28.1. The fourth-order valence-corrected chi connectivity index (χ4v) is 3.89. The number of carbonyl (C=O) groups is 2. The van der Waals surface area contributed by atoms with E-state index in [0.29, 0.717) is 45.5 Å². The predicted molar refractivity (Wildman–Crippen MR) is 125 cm³/mol. The zero-order valence-corrected chi connectivity index (χ0v) is 20.0. The number of halogens is 1. The highest BCUT2D eigenvalue weighted by Crippen LogP contribution is 2.46. The molecule has 2 aromatic rings. The van der Waals surface area contributed by atoms with Crippen molar-refractivity contribution >= 4 is 29.2 Å². The second-order valence-corrected chi connectivity index (χ2v) is 7.82. The molecule has 0 bridgehead atoms. The van der Waals surface area contributed by atoms with Crippen molar-refractivity contribution in [3.63, 3.8) is 0 Å². The summed E-state index contributed by atoms with van der Waals surface area (Å²) in [5.74, 6) is 0.0944. The van der Waals surface area contributed by atoms with Crippen LogP contribution >= 0.6 is 11.6 Å². The number of ether oxygens (including phenoxy) is 5. The number of rotatable bonds is 10. The molecule has 0 fully saturated rings. The quantitative estimate of drug-likeness (QED) is 0.382. The van der Waals surface area contributed by atoms with Gasteiger partial charge in [-0.05, 0) is 19.1 Å². The highest BCUT2D eigenvalue weighted by molar-refractivity contribution is 6.31. The number of benzene rings is 2. The smallest absolute Gasteiger partial charge is 0.308 e. The van der Waals surface area contributed by atoms with Crippen LogP contribution in [0.15, 0.2) is 30.3 Å². The fourth-order valence-electron chi connectivity index (χ4n) is 3.68. The summed E-state index contributed by atoms with van der Waals surface area (Å²) in [7, 11) is 3.02. The molecule has 2 aromatic carbocycles. The van der Waals surface area contributed by atoms with Gasteiger partial charge >= 0.3 is 5.97 Å². The number of aliphatic hydroxyl groups excluding tert-OH is 1. The van der Waals surface area contributed by atoms with E-state index in [9.17, 15) is 9.59 Å². The maximum atomic E-state index is 13.1. The maximum absolute atomic E-state index is 13.1. The molecule has 9 nitrogen and oxygen atoms in total. The molecule has 1 heterocycles. The van der Waals surface area contributed by atoms with Gasteiger partial charge in [-0.1, -0.05) is 23.7 Å². The van der Waals surface area contributed by atoms with Crippen LogP contribution in [0.1, 0.15) is 37.0 Å². The molecule has 2 atom stereocenters. The first-order valence-corrected chi connectivity index (χ1v) is 11.2. The maximum Gasteiger partial charge on any atom is 0.308 e. The van der Waals surface area contributed by atoms with Crippen molar-refractivity contribution in [3.05, 3.63) is 46.5 Å². The number of anilines is 1. The number of esters is 1. The third-order valence-corrected chi connectivity index (χ3v) is 5.37. The number of para-hydroxylation sites is 1. The van der Waals surface area contributed by atoms with E-state index in [2.05, 4.69) is 5.32 Å². The van der Waals surface area contributed by atoms with Gasteiger partial charge in [0.15, 0.2) is 11.5 Å². The van der Waals surface area contributed by atoms with E-state index < -0.39 is 24.1 Å². The van der Waals surface area contributed by atoms with Gasteiger partial charge in [0, 0.05) is 35.2 Å². The number of carbonyl (C=O) groups excluding carboxylic acids is 2. The van der Waals surface area contributed by atoms with E-state index in [-0.39, 0.29) is 26.2 Å². The Morgan fingerprint density at radius 2 is 1.97 bits per heavy atom. The van der Waals surface area contributed by atoms with E-state index in [0.717, 1.165) is 0 Å². The number of hydrogen-bond acceptors (Lipinski definition) is 8. The Hall–Kier alpha value is -3.01. The molecule has 0 unspecified atom stereocenters. The van der Waals surface area contributed by atoms with Crippen molar-refractivity contribution in [3.8, 4) is 17.2 Å². The molecule has 1 amide bonds. The molecule has 0 saturated carbocycles. The minimum Gasteiger partial charge on any atom is -0.493 e. The molecule has 0 radical (unpaired) electrons. The molecule has 1 aliphatic heterocycles. The van der Waals surface area contributed by atoms with Crippen LogP contribution in [0.25, 0.3) is 0 Å². The summed E-state index contributed by atoms with van der Waals surface area (Å²) >= 11 is 6.40. The van der Waals surface area contributed by atoms with Crippen molar-refractivity contribution in [1.29, 1.82) is 0 Å². The zero-order valence-electron chi connectivity index (χ0n) is 19.3. The van der Waals surface area contributed by atoms with Crippen LogP contribution in [-0.2, 0) is 19.1 Å². The summed E-state index contributed by atoms with van der Waals surface area (Å²) in [4.78, 5) is 25.3. The van der Waals surface area contributed by atoms with Gasteiger partial charge in [0.2, 0.25) is 0 Å². The van der Waals surface area contributed by atoms with Crippen LogP contribution in [0.5, 0.6) is 17.2 Å². The Balaban J connectivity index is 2.15. The summed E-state index contributed by atoms with van der Waals surface area (Å²) in [6, 6.07) is 8.51. The highest BCUT2D eigenvalue weighted by Gasteiger charge is 2.37. The van der Waals surface area contributed by atoms with Crippen molar-refractivity contribution in [2.45, 2.75) is 32.0 Å². The lowest BCUT2D eigenvalue weighted by Gasteiger charge is -2.24. The van der Waals surface area contributed by atoms with E-state index in [4.69, 9.17) is 40.4 Å².